The molecule has 3 aromatic rings. The number of aromatic nitrogens is 1. The fourth-order valence-corrected chi connectivity index (χ4v) is 2.55. The van der Waals surface area contributed by atoms with Gasteiger partial charge >= 0.3 is 0 Å². The first-order valence-electron chi connectivity index (χ1n) is 7.26. The Labute approximate surface area is 143 Å². The number of pyridine rings is 1. The second-order valence-corrected chi connectivity index (χ2v) is 5.99. The molecule has 3 nitrogen and oxygen atoms in total. The van der Waals surface area contributed by atoms with E-state index in [0.29, 0.717) is 17.9 Å². The summed E-state index contributed by atoms with van der Waals surface area (Å²) >= 11 is 3.39. The fraction of sp³-hybridized carbons (Fsp3) is 0.0526. The molecule has 0 saturated carbocycles. The zero-order valence-corrected chi connectivity index (χ0v) is 14.0. The Kier molecular flexibility index (Phi) is 4.83. The van der Waals surface area contributed by atoms with E-state index in [9.17, 15) is 4.79 Å². The Morgan fingerprint density at radius 2 is 1.61 bits per heavy atom. The van der Waals surface area contributed by atoms with Gasteiger partial charge in [0.05, 0.1) is 6.54 Å². The average molecular weight is 367 g/mol. The van der Waals surface area contributed by atoms with Crippen molar-refractivity contribution in [3.05, 3.63) is 94.6 Å². The largest absolute Gasteiger partial charge is 0.288 e. The van der Waals surface area contributed by atoms with Gasteiger partial charge in [-0.3, -0.25) is 9.69 Å². The summed E-state index contributed by atoms with van der Waals surface area (Å²) in [5.41, 5.74) is 1.69. The Morgan fingerprint density at radius 3 is 2.26 bits per heavy atom. The molecule has 2 aromatic carbocycles. The van der Waals surface area contributed by atoms with Crippen molar-refractivity contribution in [3.63, 3.8) is 0 Å². The number of hydrogen-bond donors (Lipinski definition) is 0. The molecule has 0 unspecified atom stereocenters. The zero-order chi connectivity index (χ0) is 16.1. The number of anilines is 1. The smallest absolute Gasteiger partial charge is 0.259 e. The SMILES string of the molecule is O=C(c1ccc(Br)cc1)N(Cc1ccccc1)c1ccccn1. The van der Waals surface area contributed by atoms with Crippen LogP contribution in [0.5, 0.6) is 0 Å². The molecule has 0 spiro atoms. The molecule has 0 atom stereocenters. The monoisotopic (exact) mass is 366 g/mol. The average Bonchev–Trinajstić information content (AvgIpc) is 2.61. The van der Waals surface area contributed by atoms with Gasteiger partial charge in [0, 0.05) is 16.2 Å². The van der Waals surface area contributed by atoms with Crippen molar-refractivity contribution in [3.8, 4) is 0 Å². The summed E-state index contributed by atoms with van der Waals surface area (Å²) in [5, 5.41) is 0. The lowest BCUT2D eigenvalue weighted by atomic mass is 10.1. The fourth-order valence-electron chi connectivity index (χ4n) is 2.28. The van der Waals surface area contributed by atoms with Crippen molar-refractivity contribution in [1.82, 2.24) is 4.98 Å². The molecule has 0 aliphatic rings. The molecule has 1 aromatic heterocycles. The Morgan fingerprint density at radius 1 is 0.913 bits per heavy atom. The molecular formula is C19H15BrN2O. The van der Waals surface area contributed by atoms with E-state index >= 15 is 0 Å². The van der Waals surface area contributed by atoms with Gasteiger partial charge in [-0.15, -0.1) is 0 Å². The van der Waals surface area contributed by atoms with Crippen LogP contribution in [0.1, 0.15) is 15.9 Å². The van der Waals surface area contributed by atoms with Crippen LogP contribution in [-0.4, -0.2) is 10.9 Å². The number of rotatable bonds is 4. The number of halogens is 1. The van der Waals surface area contributed by atoms with Gasteiger partial charge in [0.25, 0.3) is 5.91 Å². The standard InChI is InChI=1S/C19H15BrN2O/c20-17-11-9-16(10-12-17)19(23)22(18-8-4-5-13-21-18)14-15-6-2-1-3-7-15/h1-13H,14H2. The molecule has 0 bridgehead atoms. The normalized spacial score (nSPS) is 10.3. The van der Waals surface area contributed by atoms with Crippen molar-refractivity contribution < 1.29 is 4.79 Å². The van der Waals surface area contributed by atoms with Crippen LogP contribution in [-0.2, 0) is 6.54 Å². The molecule has 0 N–H and O–H groups in total. The van der Waals surface area contributed by atoms with Crippen molar-refractivity contribution in [2.45, 2.75) is 6.54 Å². The van der Waals surface area contributed by atoms with Gasteiger partial charge in [0.2, 0.25) is 0 Å². The van der Waals surface area contributed by atoms with Gasteiger partial charge in [-0.1, -0.05) is 52.3 Å². The summed E-state index contributed by atoms with van der Waals surface area (Å²) in [5.74, 6) is 0.573. The molecule has 23 heavy (non-hydrogen) atoms. The van der Waals surface area contributed by atoms with E-state index in [4.69, 9.17) is 0 Å². The molecule has 0 aliphatic carbocycles. The van der Waals surface area contributed by atoms with E-state index in [1.165, 1.54) is 0 Å². The lowest BCUT2D eigenvalue weighted by Crippen LogP contribution is -2.31. The summed E-state index contributed by atoms with van der Waals surface area (Å²) in [4.78, 5) is 19.0. The van der Waals surface area contributed by atoms with Crippen LogP contribution in [0.4, 0.5) is 5.82 Å². The number of carbonyl (C=O) groups is 1. The quantitative estimate of drug-likeness (QED) is 0.670. The Bertz CT molecular complexity index is 773. The first-order valence-corrected chi connectivity index (χ1v) is 8.06. The summed E-state index contributed by atoms with van der Waals surface area (Å²) < 4.78 is 0.946. The van der Waals surface area contributed by atoms with Gasteiger partial charge in [-0.05, 0) is 42.0 Å². The molecule has 0 fully saturated rings. The predicted octanol–water partition coefficient (Wildman–Crippen LogP) is 4.69. The molecule has 114 valence electrons. The molecule has 3 rings (SSSR count). The number of benzene rings is 2. The van der Waals surface area contributed by atoms with Crippen LogP contribution in [0.2, 0.25) is 0 Å². The van der Waals surface area contributed by atoms with Crippen LogP contribution in [0.15, 0.2) is 83.5 Å². The number of hydrogen-bond acceptors (Lipinski definition) is 2. The van der Waals surface area contributed by atoms with Crippen LogP contribution >= 0.6 is 15.9 Å². The maximum Gasteiger partial charge on any atom is 0.259 e. The second kappa shape index (κ2) is 7.20. The minimum Gasteiger partial charge on any atom is -0.288 e. The highest BCUT2D eigenvalue weighted by Gasteiger charge is 2.19. The van der Waals surface area contributed by atoms with Gasteiger partial charge in [-0.25, -0.2) is 4.98 Å². The molecule has 1 amide bonds. The van der Waals surface area contributed by atoms with E-state index in [-0.39, 0.29) is 5.91 Å². The topological polar surface area (TPSA) is 33.2 Å². The molecule has 0 radical (unpaired) electrons. The second-order valence-electron chi connectivity index (χ2n) is 5.07. The summed E-state index contributed by atoms with van der Waals surface area (Å²) in [6.07, 6.45) is 1.70. The number of carbonyl (C=O) groups excluding carboxylic acids is 1. The van der Waals surface area contributed by atoms with E-state index in [2.05, 4.69) is 20.9 Å². The molecule has 0 aliphatic heterocycles. The van der Waals surface area contributed by atoms with Crippen molar-refractivity contribution in [2.24, 2.45) is 0 Å². The van der Waals surface area contributed by atoms with Crippen molar-refractivity contribution in [1.29, 1.82) is 0 Å². The third-order valence-electron chi connectivity index (χ3n) is 3.45. The van der Waals surface area contributed by atoms with Gasteiger partial charge in [0.1, 0.15) is 5.82 Å². The van der Waals surface area contributed by atoms with Gasteiger partial charge in [-0.2, -0.15) is 0 Å². The molecular weight excluding hydrogens is 352 g/mol. The maximum atomic E-state index is 12.9. The lowest BCUT2D eigenvalue weighted by molar-refractivity contribution is 0.0984. The first-order chi connectivity index (χ1) is 11.2. The minimum absolute atomic E-state index is 0.0694. The highest BCUT2D eigenvalue weighted by molar-refractivity contribution is 9.10. The predicted molar refractivity (Wildman–Crippen MR) is 95.3 cm³/mol. The van der Waals surface area contributed by atoms with E-state index in [1.807, 2.05) is 72.8 Å². The Balaban J connectivity index is 1.94. The van der Waals surface area contributed by atoms with E-state index in [0.717, 1.165) is 10.0 Å². The lowest BCUT2D eigenvalue weighted by Gasteiger charge is -2.22. The summed E-state index contributed by atoms with van der Waals surface area (Å²) in [7, 11) is 0. The molecule has 0 saturated heterocycles. The van der Waals surface area contributed by atoms with E-state index in [1.54, 1.807) is 11.1 Å². The zero-order valence-electron chi connectivity index (χ0n) is 12.4. The third-order valence-corrected chi connectivity index (χ3v) is 3.97. The van der Waals surface area contributed by atoms with Crippen LogP contribution in [0.3, 0.4) is 0 Å². The molecule has 1 heterocycles. The van der Waals surface area contributed by atoms with Gasteiger partial charge in [0.15, 0.2) is 0 Å². The van der Waals surface area contributed by atoms with Crippen LogP contribution in [0.25, 0.3) is 0 Å². The Hall–Kier alpha value is -2.46. The minimum atomic E-state index is -0.0694. The number of amides is 1. The van der Waals surface area contributed by atoms with Gasteiger partial charge < -0.3 is 0 Å². The summed E-state index contributed by atoms with van der Waals surface area (Å²) in [6, 6.07) is 22.8. The maximum absolute atomic E-state index is 12.9. The molecule has 4 heteroatoms. The van der Waals surface area contributed by atoms with Crippen LogP contribution in [0, 0.1) is 0 Å². The first kappa shape index (κ1) is 15.4. The third kappa shape index (κ3) is 3.85. The highest BCUT2D eigenvalue weighted by atomic mass is 79.9. The number of nitrogens with zero attached hydrogens (tertiary/aromatic N) is 2. The van der Waals surface area contributed by atoms with Crippen molar-refractivity contribution in [2.75, 3.05) is 4.90 Å². The highest BCUT2D eigenvalue weighted by Crippen LogP contribution is 2.19. The van der Waals surface area contributed by atoms with E-state index < -0.39 is 0 Å². The van der Waals surface area contributed by atoms with Crippen LogP contribution < -0.4 is 4.90 Å². The summed E-state index contributed by atoms with van der Waals surface area (Å²) in [6.45, 7) is 0.479. The van der Waals surface area contributed by atoms with Crippen molar-refractivity contribution >= 4 is 27.7 Å².